The largest absolute Gasteiger partial charge is 0.412 e. The van der Waals surface area contributed by atoms with Crippen LogP contribution in [0.5, 0.6) is 0 Å². The number of hydrogen-bond acceptors (Lipinski definition) is 4. The minimum absolute atomic E-state index is 0. The van der Waals surface area contributed by atoms with Crippen LogP contribution >= 0.6 is 24.8 Å². The van der Waals surface area contributed by atoms with E-state index in [1.54, 1.807) is 21.8 Å². The Labute approximate surface area is 339 Å². The van der Waals surface area contributed by atoms with Gasteiger partial charge in [0.1, 0.15) is 0 Å². The van der Waals surface area contributed by atoms with E-state index in [1.165, 1.54) is 0 Å². The first-order chi connectivity index (χ1) is 24.3. The smallest absolute Gasteiger partial charge is 0.297 e. The number of halogens is 2. The van der Waals surface area contributed by atoms with Crippen molar-refractivity contribution in [3.8, 4) is 11.4 Å². The van der Waals surface area contributed by atoms with Crippen molar-refractivity contribution in [2.75, 3.05) is 0 Å². The van der Waals surface area contributed by atoms with Gasteiger partial charge in [0.05, 0.1) is 22.8 Å². The number of nitrogens with one attached hydrogen (secondary N) is 2. The molecule has 0 unspecified atom stereocenters. The van der Waals surface area contributed by atoms with Gasteiger partial charge in [-0.2, -0.15) is 0 Å². The molecule has 12 nitrogen and oxygen atoms in total. The van der Waals surface area contributed by atoms with Crippen molar-refractivity contribution < 1.29 is 27.4 Å². The first kappa shape index (κ1) is 45.5. The molecular formula is C40H42Cl2N8NiO4. The predicted molar refractivity (Wildman–Crippen MR) is 224 cm³/mol. The Kier molecular flexibility index (Phi) is 16.2. The summed E-state index contributed by atoms with van der Waals surface area (Å²) in [5.74, 6) is 0. The molecule has 8 rings (SSSR count). The number of hydrogen-bond donors (Lipinski definition) is 2. The third-order valence-electron chi connectivity index (χ3n) is 8.96. The molecule has 0 saturated carbocycles. The summed E-state index contributed by atoms with van der Waals surface area (Å²) in [7, 11) is 3.74. The van der Waals surface area contributed by atoms with Crippen molar-refractivity contribution >= 4 is 70.4 Å². The molecule has 0 aliphatic heterocycles. The average Bonchev–Trinajstić information content (AvgIpc) is 3.86. The summed E-state index contributed by atoms with van der Waals surface area (Å²) < 4.78 is 6.94. The van der Waals surface area contributed by atoms with Crippen LogP contribution in [0.15, 0.2) is 141 Å². The zero-order valence-corrected chi connectivity index (χ0v) is 33.0. The Morgan fingerprint density at radius 2 is 0.855 bits per heavy atom. The summed E-state index contributed by atoms with van der Waals surface area (Å²) in [6.07, 6.45) is 7.31. The summed E-state index contributed by atoms with van der Waals surface area (Å²) in [5.41, 5.74) is 7.99. The van der Waals surface area contributed by atoms with Crippen molar-refractivity contribution in [3.63, 3.8) is 0 Å². The molecule has 4 heterocycles. The van der Waals surface area contributed by atoms with Gasteiger partial charge in [0.25, 0.3) is 11.1 Å². The van der Waals surface area contributed by atoms with E-state index in [9.17, 15) is 9.59 Å². The monoisotopic (exact) mass is 826 g/mol. The van der Waals surface area contributed by atoms with Gasteiger partial charge in [0.2, 0.25) is 0 Å². The number of benzene rings is 4. The molecule has 4 aromatic carbocycles. The Balaban J connectivity index is 0.000000348. The first-order valence-corrected chi connectivity index (χ1v) is 16.2. The normalized spacial score (nSPS) is 10.5. The number of H-pyrrole nitrogens is 2. The predicted octanol–water partition coefficient (Wildman–Crippen LogP) is 6.62. The van der Waals surface area contributed by atoms with E-state index in [1.807, 2.05) is 159 Å². The fraction of sp³-hybridized carbons (Fsp3) is 0.100. The number of aromatic amines is 2. The van der Waals surface area contributed by atoms with Crippen LogP contribution in [-0.4, -0.2) is 52.1 Å². The van der Waals surface area contributed by atoms with Crippen LogP contribution in [0, 0.1) is 13.8 Å². The second-order valence-electron chi connectivity index (χ2n) is 11.9. The third kappa shape index (κ3) is 8.83. The van der Waals surface area contributed by atoms with Crippen LogP contribution in [-0.2, 0) is 30.6 Å². The first-order valence-electron chi connectivity index (χ1n) is 16.2. The molecule has 15 heteroatoms. The molecule has 4 aromatic heterocycles. The van der Waals surface area contributed by atoms with E-state index in [0.717, 1.165) is 55.7 Å². The maximum atomic E-state index is 12.9. The van der Waals surface area contributed by atoms with Crippen molar-refractivity contribution in [3.05, 3.63) is 165 Å². The number of aliphatic imine (C=N–C) groups is 2. The van der Waals surface area contributed by atoms with Gasteiger partial charge in [-0.15, -0.1) is 24.8 Å². The molecule has 0 spiro atoms. The zero-order chi connectivity index (χ0) is 34.8. The van der Waals surface area contributed by atoms with Crippen molar-refractivity contribution in [2.24, 2.45) is 24.1 Å². The molecule has 290 valence electrons. The number of para-hydroxylation sites is 4. The maximum Gasteiger partial charge on any atom is 0.297 e. The van der Waals surface area contributed by atoms with E-state index in [0.29, 0.717) is 11.4 Å². The molecule has 0 radical (unpaired) electrons. The Bertz CT molecular complexity index is 2470. The molecular weight excluding hydrogens is 786 g/mol. The molecule has 0 bridgehead atoms. The summed E-state index contributed by atoms with van der Waals surface area (Å²) in [6, 6.07) is 35.2. The van der Waals surface area contributed by atoms with Gasteiger partial charge < -0.3 is 20.9 Å². The average molecular weight is 828 g/mol. The van der Waals surface area contributed by atoms with Crippen LogP contribution in [0.3, 0.4) is 0 Å². The standard InChI is InChI=1S/2C20H18N4O.2ClH.Ni.2H2O/c2*1-14-19(20(25)24(23(14)2)16-8-4-3-5-9-16)22-13-15-12-21-18-11-7-6-10-17(15)18;;;;;/h2*3-13,21H,1-2H3;2*1H;;2*1H2. The molecule has 0 aliphatic rings. The van der Waals surface area contributed by atoms with E-state index in [-0.39, 0.29) is 63.4 Å². The molecule has 0 atom stereocenters. The fourth-order valence-corrected chi connectivity index (χ4v) is 6.08. The molecule has 8 aromatic rings. The molecule has 0 aliphatic carbocycles. The van der Waals surface area contributed by atoms with Gasteiger partial charge in [-0.25, -0.2) is 19.3 Å². The number of nitrogens with zero attached hydrogens (tertiary/aromatic N) is 6. The summed E-state index contributed by atoms with van der Waals surface area (Å²) in [5, 5.41) is 2.17. The molecule has 0 saturated heterocycles. The number of aromatic nitrogens is 6. The maximum absolute atomic E-state index is 12.9. The minimum Gasteiger partial charge on any atom is -0.412 e. The van der Waals surface area contributed by atoms with E-state index < -0.39 is 0 Å². The third-order valence-corrected chi connectivity index (χ3v) is 8.96. The van der Waals surface area contributed by atoms with E-state index in [4.69, 9.17) is 0 Å². The second kappa shape index (κ2) is 19.6. The molecule has 0 amide bonds. The van der Waals surface area contributed by atoms with Crippen LogP contribution in [0.2, 0.25) is 0 Å². The summed E-state index contributed by atoms with van der Waals surface area (Å²) in [6.45, 7) is 3.81. The van der Waals surface area contributed by atoms with Crippen LogP contribution < -0.4 is 11.1 Å². The van der Waals surface area contributed by atoms with Gasteiger partial charge >= 0.3 is 0 Å². The van der Waals surface area contributed by atoms with Gasteiger partial charge in [-0.1, -0.05) is 72.8 Å². The SMILES string of the molecule is Cc1c(N=Cc2c[nH]c3ccccc23)c(=O)n(-c2ccccc2)n1C.Cc1c(N=Cc2c[nH]c3ccccc23)c(=O)n(-c2ccccc2)n1C.Cl.Cl.O.O.[Ni]. The number of rotatable bonds is 6. The molecule has 55 heavy (non-hydrogen) atoms. The molecule has 0 fully saturated rings. The van der Waals surface area contributed by atoms with Gasteiger partial charge in [0.15, 0.2) is 11.4 Å². The molecule has 6 N–H and O–H groups in total. The zero-order valence-electron chi connectivity index (χ0n) is 30.3. The summed E-state index contributed by atoms with van der Waals surface area (Å²) >= 11 is 0. The van der Waals surface area contributed by atoms with Crippen molar-refractivity contribution in [1.29, 1.82) is 0 Å². The van der Waals surface area contributed by atoms with Crippen molar-refractivity contribution in [1.82, 2.24) is 28.7 Å². The van der Waals surface area contributed by atoms with Crippen molar-refractivity contribution in [2.45, 2.75) is 13.8 Å². The fourth-order valence-electron chi connectivity index (χ4n) is 6.08. The number of fused-ring (bicyclic) bond motifs is 2. The van der Waals surface area contributed by atoms with Crippen LogP contribution in [0.25, 0.3) is 33.2 Å². The minimum atomic E-state index is -0.123. The Hall–Kier alpha value is -5.69. The van der Waals surface area contributed by atoms with Crippen LogP contribution in [0.1, 0.15) is 22.5 Å². The van der Waals surface area contributed by atoms with Gasteiger partial charge in [0, 0.05) is 88.3 Å². The Morgan fingerprint density at radius 1 is 0.527 bits per heavy atom. The van der Waals surface area contributed by atoms with E-state index in [2.05, 4.69) is 20.0 Å². The topological polar surface area (TPSA) is 173 Å². The van der Waals surface area contributed by atoms with E-state index >= 15 is 0 Å². The van der Waals surface area contributed by atoms with Gasteiger partial charge in [-0.3, -0.25) is 19.0 Å². The summed E-state index contributed by atoms with van der Waals surface area (Å²) in [4.78, 5) is 41.2. The quantitative estimate of drug-likeness (QED) is 0.142. The van der Waals surface area contributed by atoms with Gasteiger partial charge in [-0.05, 0) is 50.2 Å². The van der Waals surface area contributed by atoms with Crippen LogP contribution in [0.4, 0.5) is 11.4 Å². The second-order valence-corrected chi connectivity index (χ2v) is 11.9. The Morgan fingerprint density at radius 3 is 1.22 bits per heavy atom.